The molecule has 4 heteroatoms. The fraction of sp³-hybridized carbons (Fsp3) is 0.538. The molecule has 1 fully saturated rings. The molecule has 17 heavy (non-hydrogen) atoms. The number of benzene rings is 1. The van der Waals surface area contributed by atoms with Gasteiger partial charge in [0, 0.05) is 18.3 Å². The van der Waals surface area contributed by atoms with Gasteiger partial charge in [0.1, 0.15) is 5.75 Å². The van der Waals surface area contributed by atoms with Crippen LogP contribution in [-0.4, -0.2) is 32.3 Å². The maximum absolute atomic E-state index is 5.94. The highest BCUT2D eigenvalue weighted by Gasteiger charge is 2.30. The van der Waals surface area contributed by atoms with Crippen LogP contribution in [0.3, 0.4) is 0 Å². The Morgan fingerprint density at radius 2 is 2.18 bits per heavy atom. The van der Waals surface area contributed by atoms with Crippen LogP contribution in [0.5, 0.6) is 5.75 Å². The smallest absolute Gasteiger partial charge is 0.120 e. The third-order valence-electron chi connectivity index (χ3n) is 3.43. The topological polar surface area (TPSA) is 59.3 Å². The number of methoxy groups -OCH3 is 1. The second-order valence-electron chi connectivity index (χ2n) is 4.59. The summed E-state index contributed by atoms with van der Waals surface area (Å²) in [6.45, 7) is 2.70. The van der Waals surface area contributed by atoms with Crippen molar-refractivity contribution >= 4 is 5.69 Å². The average Bonchev–Trinajstić information content (AvgIpc) is 2.40. The van der Waals surface area contributed by atoms with Crippen molar-refractivity contribution in [2.75, 3.05) is 32.1 Å². The van der Waals surface area contributed by atoms with E-state index in [0.29, 0.717) is 6.54 Å². The molecule has 0 radical (unpaired) electrons. The summed E-state index contributed by atoms with van der Waals surface area (Å²) in [5.74, 6) is 0.871. The van der Waals surface area contributed by atoms with Gasteiger partial charge in [-0.05, 0) is 38.1 Å². The predicted octanol–water partition coefficient (Wildman–Crippen LogP) is 1.19. The highest BCUT2D eigenvalue weighted by Crippen LogP contribution is 2.25. The first-order chi connectivity index (χ1) is 8.28. The molecule has 0 aliphatic carbocycles. The summed E-state index contributed by atoms with van der Waals surface area (Å²) in [5, 5.41) is 6.94. The van der Waals surface area contributed by atoms with E-state index in [9.17, 15) is 0 Å². The number of hydrogen-bond acceptors (Lipinski definition) is 4. The van der Waals surface area contributed by atoms with Gasteiger partial charge in [-0.3, -0.25) is 0 Å². The van der Waals surface area contributed by atoms with Crippen LogP contribution < -0.4 is 21.1 Å². The van der Waals surface area contributed by atoms with Gasteiger partial charge in [-0.15, -0.1) is 0 Å². The van der Waals surface area contributed by atoms with Gasteiger partial charge in [-0.25, -0.2) is 0 Å². The number of rotatable bonds is 4. The van der Waals surface area contributed by atoms with Crippen LogP contribution in [0.25, 0.3) is 0 Å². The number of hydrogen-bond donors (Lipinski definition) is 3. The van der Waals surface area contributed by atoms with Gasteiger partial charge >= 0.3 is 0 Å². The van der Waals surface area contributed by atoms with Crippen LogP contribution in [-0.2, 0) is 0 Å². The van der Waals surface area contributed by atoms with E-state index in [2.05, 4.69) is 16.7 Å². The van der Waals surface area contributed by atoms with Crippen molar-refractivity contribution in [1.29, 1.82) is 0 Å². The van der Waals surface area contributed by atoms with Crippen LogP contribution >= 0.6 is 0 Å². The zero-order chi connectivity index (χ0) is 12.1. The summed E-state index contributed by atoms with van der Waals surface area (Å²) >= 11 is 0. The molecular formula is C13H21N3O. The molecule has 0 atom stereocenters. The summed E-state index contributed by atoms with van der Waals surface area (Å²) in [6.07, 6.45) is 2.11. The lowest BCUT2D eigenvalue weighted by atomic mass is 9.88. The Morgan fingerprint density at radius 1 is 1.41 bits per heavy atom. The lowest BCUT2D eigenvalue weighted by molar-refractivity contribution is 0.345. The third kappa shape index (κ3) is 2.90. The predicted molar refractivity (Wildman–Crippen MR) is 70.5 cm³/mol. The van der Waals surface area contributed by atoms with E-state index in [-0.39, 0.29) is 5.54 Å². The molecule has 1 aromatic rings. The zero-order valence-electron chi connectivity index (χ0n) is 10.3. The highest BCUT2D eigenvalue weighted by molar-refractivity contribution is 5.50. The van der Waals surface area contributed by atoms with Crippen LogP contribution in [0.4, 0.5) is 5.69 Å². The van der Waals surface area contributed by atoms with E-state index >= 15 is 0 Å². The minimum Gasteiger partial charge on any atom is -0.497 e. The minimum absolute atomic E-state index is 0.0254. The molecule has 94 valence electrons. The minimum atomic E-state index is 0.0254. The average molecular weight is 235 g/mol. The summed E-state index contributed by atoms with van der Waals surface area (Å²) < 4.78 is 5.23. The number of nitrogens with two attached hydrogens (primary N) is 1. The second-order valence-corrected chi connectivity index (χ2v) is 4.59. The quantitative estimate of drug-likeness (QED) is 0.733. The molecule has 2 rings (SSSR count). The van der Waals surface area contributed by atoms with Crippen LogP contribution in [0, 0.1) is 0 Å². The third-order valence-corrected chi connectivity index (χ3v) is 3.43. The molecule has 0 saturated carbocycles. The lowest BCUT2D eigenvalue weighted by Crippen LogP contribution is -2.52. The first-order valence-electron chi connectivity index (χ1n) is 6.11. The van der Waals surface area contributed by atoms with Crippen molar-refractivity contribution in [3.05, 3.63) is 24.3 Å². The van der Waals surface area contributed by atoms with Gasteiger partial charge < -0.3 is 21.1 Å². The molecule has 1 aromatic carbocycles. The Hall–Kier alpha value is -1.26. The zero-order valence-corrected chi connectivity index (χ0v) is 10.3. The van der Waals surface area contributed by atoms with E-state index in [1.54, 1.807) is 7.11 Å². The molecule has 0 unspecified atom stereocenters. The summed E-state index contributed by atoms with van der Waals surface area (Å²) in [7, 11) is 1.68. The van der Waals surface area contributed by atoms with E-state index in [4.69, 9.17) is 10.5 Å². The first kappa shape index (κ1) is 12.2. The van der Waals surface area contributed by atoms with E-state index in [0.717, 1.165) is 37.4 Å². The fourth-order valence-electron chi connectivity index (χ4n) is 2.29. The molecule has 1 aliphatic rings. The van der Waals surface area contributed by atoms with E-state index < -0.39 is 0 Å². The molecule has 1 aliphatic heterocycles. The van der Waals surface area contributed by atoms with Crippen molar-refractivity contribution < 1.29 is 4.74 Å². The number of anilines is 1. The van der Waals surface area contributed by atoms with Gasteiger partial charge in [-0.2, -0.15) is 0 Å². The standard InChI is InChI=1S/C13H21N3O/c1-17-12-4-2-3-11(9-12)16-13(10-14)5-7-15-8-6-13/h2-4,9,15-16H,5-8,10,14H2,1H3. The number of ether oxygens (including phenoxy) is 1. The van der Waals surface area contributed by atoms with E-state index in [1.807, 2.05) is 18.2 Å². The molecule has 0 spiro atoms. The molecular weight excluding hydrogens is 214 g/mol. The summed E-state index contributed by atoms with van der Waals surface area (Å²) in [6, 6.07) is 8.01. The number of piperidine rings is 1. The van der Waals surface area contributed by atoms with Crippen molar-refractivity contribution in [3.63, 3.8) is 0 Å². The van der Waals surface area contributed by atoms with Crippen LogP contribution in [0.15, 0.2) is 24.3 Å². The van der Waals surface area contributed by atoms with Crippen LogP contribution in [0.2, 0.25) is 0 Å². The Kier molecular flexibility index (Phi) is 3.86. The Labute approximate surface area is 103 Å². The maximum Gasteiger partial charge on any atom is 0.120 e. The normalized spacial score (nSPS) is 18.7. The van der Waals surface area contributed by atoms with Crippen LogP contribution in [0.1, 0.15) is 12.8 Å². The molecule has 0 amide bonds. The van der Waals surface area contributed by atoms with Crippen molar-refractivity contribution in [3.8, 4) is 5.75 Å². The van der Waals surface area contributed by atoms with Crippen molar-refractivity contribution in [1.82, 2.24) is 5.32 Å². The van der Waals surface area contributed by atoms with E-state index in [1.165, 1.54) is 0 Å². The highest BCUT2D eigenvalue weighted by atomic mass is 16.5. The molecule has 0 aromatic heterocycles. The monoisotopic (exact) mass is 235 g/mol. The van der Waals surface area contributed by atoms with Crippen molar-refractivity contribution in [2.45, 2.75) is 18.4 Å². The molecule has 1 saturated heterocycles. The Bertz CT molecular complexity index is 361. The molecule has 0 bridgehead atoms. The van der Waals surface area contributed by atoms with Gasteiger partial charge in [-0.1, -0.05) is 6.07 Å². The largest absolute Gasteiger partial charge is 0.497 e. The molecule has 1 heterocycles. The molecule has 4 N–H and O–H groups in total. The maximum atomic E-state index is 5.94. The Balaban J connectivity index is 2.11. The van der Waals surface area contributed by atoms with Gasteiger partial charge in [0.2, 0.25) is 0 Å². The Morgan fingerprint density at radius 3 is 2.82 bits per heavy atom. The van der Waals surface area contributed by atoms with Gasteiger partial charge in [0.15, 0.2) is 0 Å². The summed E-state index contributed by atoms with van der Waals surface area (Å²) in [5.41, 5.74) is 7.04. The number of nitrogens with one attached hydrogen (secondary N) is 2. The molecule has 4 nitrogen and oxygen atoms in total. The first-order valence-corrected chi connectivity index (χ1v) is 6.11. The lowest BCUT2D eigenvalue weighted by Gasteiger charge is -2.38. The van der Waals surface area contributed by atoms with Gasteiger partial charge in [0.05, 0.1) is 12.6 Å². The SMILES string of the molecule is COc1cccc(NC2(CN)CCNCC2)c1. The second kappa shape index (κ2) is 5.38. The summed E-state index contributed by atoms with van der Waals surface area (Å²) in [4.78, 5) is 0. The van der Waals surface area contributed by atoms with Crippen molar-refractivity contribution in [2.24, 2.45) is 5.73 Å². The fourth-order valence-corrected chi connectivity index (χ4v) is 2.29. The van der Waals surface area contributed by atoms with Gasteiger partial charge in [0.25, 0.3) is 0 Å².